The molecule has 1 unspecified atom stereocenters. The van der Waals surface area contributed by atoms with E-state index in [0.717, 1.165) is 26.1 Å². The van der Waals surface area contributed by atoms with Crippen molar-refractivity contribution in [1.29, 1.82) is 0 Å². The van der Waals surface area contributed by atoms with E-state index in [0.29, 0.717) is 18.1 Å². The van der Waals surface area contributed by atoms with Crippen molar-refractivity contribution in [3.8, 4) is 0 Å². The molecule has 0 aliphatic carbocycles. The number of nitrogens with two attached hydrogens (primary N) is 1. The zero-order chi connectivity index (χ0) is 12.0. The van der Waals surface area contributed by atoms with Crippen LogP contribution < -0.4 is 11.1 Å². The van der Waals surface area contributed by atoms with Gasteiger partial charge in [0.05, 0.1) is 6.04 Å². The van der Waals surface area contributed by atoms with E-state index in [1.165, 1.54) is 0 Å². The highest BCUT2D eigenvalue weighted by Crippen LogP contribution is 2.01. The van der Waals surface area contributed by atoms with Gasteiger partial charge in [-0.2, -0.15) is 0 Å². The second-order valence-corrected chi connectivity index (χ2v) is 5.75. The number of carbonyl (C=O) groups is 1. The van der Waals surface area contributed by atoms with Gasteiger partial charge in [0.15, 0.2) is 0 Å². The molecule has 0 bridgehead atoms. The molecule has 1 amide bonds. The molecule has 0 spiro atoms. The number of nitrogens with zero attached hydrogens (tertiary/aromatic N) is 1. The van der Waals surface area contributed by atoms with Crippen molar-refractivity contribution < 1.29 is 9.00 Å². The standard InChI is InChI=1S/C10H21N3O2S/c1-2-3-12-9(10(11)14)8-13-4-6-16(15)7-5-13/h9,12H,2-8H2,1H3,(H2,11,14). The summed E-state index contributed by atoms with van der Waals surface area (Å²) in [5, 5.41) is 3.14. The molecule has 1 aliphatic rings. The van der Waals surface area contributed by atoms with Crippen molar-refractivity contribution in [2.24, 2.45) is 5.73 Å². The van der Waals surface area contributed by atoms with Gasteiger partial charge in [-0.15, -0.1) is 0 Å². The van der Waals surface area contributed by atoms with Crippen LogP contribution in [0.1, 0.15) is 13.3 Å². The number of hydrogen-bond acceptors (Lipinski definition) is 4. The van der Waals surface area contributed by atoms with Gasteiger partial charge in [-0.3, -0.25) is 13.9 Å². The van der Waals surface area contributed by atoms with Crippen LogP contribution in [0.2, 0.25) is 0 Å². The summed E-state index contributed by atoms with van der Waals surface area (Å²) in [6, 6.07) is -0.286. The lowest BCUT2D eigenvalue weighted by atomic mass is 10.2. The molecule has 5 nitrogen and oxygen atoms in total. The molecule has 1 saturated heterocycles. The summed E-state index contributed by atoms with van der Waals surface area (Å²) in [5.41, 5.74) is 5.33. The Kier molecular flexibility index (Phi) is 5.94. The SMILES string of the molecule is CCCNC(CN1CCS(=O)CC1)C(N)=O. The largest absolute Gasteiger partial charge is 0.368 e. The van der Waals surface area contributed by atoms with Crippen molar-refractivity contribution in [3.05, 3.63) is 0 Å². The summed E-state index contributed by atoms with van der Waals surface area (Å²) >= 11 is 0. The second kappa shape index (κ2) is 6.98. The minimum Gasteiger partial charge on any atom is -0.368 e. The number of amides is 1. The van der Waals surface area contributed by atoms with Crippen LogP contribution in [0.4, 0.5) is 0 Å². The molecular formula is C10H21N3O2S. The molecule has 0 radical (unpaired) electrons. The van der Waals surface area contributed by atoms with E-state index in [-0.39, 0.29) is 11.9 Å². The lowest BCUT2D eigenvalue weighted by molar-refractivity contribution is -0.120. The first kappa shape index (κ1) is 13.6. The van der Waals surface area contributed by atoms with E-state index in [1.807, 2.05) is 0 Å². The van der Waals surface area contributed by atoms with Gasteiger partial charge in [0, 0.05) is 41.9 Å². The number of nitrogens with one attached hydrogen (secondary N) is 1. The molecule has 1 fully saturated rings. The van der Waals surface area contributed by atoms with Gasteiger partial charge in [-0.25, -0.2) is 0 Å². The number of carbonyl (C=O) groups excluding carboxylic acids is 1. The van der Waals surface area contributed by atoms with Gasteiger partial charge in [0.1, 0.15) is 0 Å². The molecular weight excluding hydrogens is 226 g/mol. The van der Waals surface area contributed by atoms with E-state index >= 15 is 0 Å². The number of hydrogen-bond donors (Lipinski definition) is 2. The van der Waals surface area contributed by atoms with Crippen LogP contribution >= 0.6 is 0 Å². The van der Waals surface area contributed by atoms with Gasteiger partial charge in [-0.05, 0) is 13.0 Å². The summed E-state index contributed by atoms with van der Waals surface area (Å²) in [6.07, 6.45) is 0.980. The molecule has 0 aromatic rings. The maximum Gasteiger partial charge on any atom is 0.235 e. The molecule has 1 aliphatic heterocycles. The van der Waals surface area contributed by atoms with Gasteiger partial charge >= 0.3 is 0 Å². The van der Waals surface area contributed by atoms with Crippen LogP contribution in [-0.2, 0) is 15.6 Å². The van der Waals surface area contributed by atoms with Crippen molar-refractivity contribution in [1.82, 2.24) is 10.2 Å². The third-order valence-corrected chi connectivity index (χ3v) is 3.97. The van der Waals surface area contributed by atoms with Crippen LogP contribution in [0.15, 0.2) is 0 Å². The third-order valence-electron chi connectivity index (χ3n) is 2.70. The Morgan fingerprint density at radius 1 is 1.50 bits per heavy atom. The Bertz CT molecular complexity index is 250. The zero-order valence-electron chi connectivity index (χ0n) is 9.78. The van der Waals surface area contributed by atoms with Crippen LogP contribution in [0.3, 0.4) is 0 Å². The Labute approximate surface area is 99.2 Å². The summed E-state index contributed by atoms with van der Waals surface area (Å²) in [5.74, 6) is 1.11. The van der Waals surface area contributed by atoms with Crippen LogP contribution in [0.25, 0.3) is 0 Å². The lowest BCUT2D eigenvalue weighted by Crippen LogP contribution is -2.51. The van der Waals surface area contributed by atoms with E-state index in [2.05, 4.69) is 17.1 Å². The number of primary amides is 1. The van der Waals surface area contributed by atoms with Crippen molar-refractivity contribution in [2.45, 2.75) is 19.4 Å². The van der Waals surface area contributed by atoms with E-state index in [4.69, 9.17) is 5.73 Å². The van der Waals surface area contributed by atoms with Crippen LogP contribution in [0, 0.1) is 0 Å². The fraction of sp³-hybridized carbons (Fsp3) is 0.900. The van der Waals surface area contributed by atoms with Gasteiger partial charge in [0.25, 0.3) is 0 Å². The van der Waals surface area contributed by atoms with Crippen LogP contribution in [-0.4, -0.2) is 58.7 Å². The van der Waals surface area contributed by atoms with Crippen LogP contribution in [0.5, 0.6) is 0 Å². The monoisotopic (exact) mass is 247 g/mol. The topological polar surface area (TPSA) is 75.4 Å². The fourth-order valence-electron chi connectivity index (χ4n) is 1.69. The number of rotatable bonds is 6. The predicted octanol–water partition coefficient (Wildman–Crippen LogP) is -1.10. The van der Waals surface area contributed by atoms with Gasteiger partial charge in [0.2, 0.25) is 5.91 Å². The molecule has 1 atom stereocenters. The van der Waals surface area contributed by atoms with E-state index in [1.54, 1.807) is 0 Å². The molecule has 0 saturated carbocycles. The van der Waals surface area contributed by atoms with E-state index in [9.17, 15) is 9.00 Å². The van der Waals surface area contributed by atoms with Gasteiger partial charge < -0.3 is 11.1 Å². The fourth-order valence-corrected chi connectivity index (χ4v) is 2.82. The molecule has 0 aromatic heterocycles. The van der Waals surface area contributed by atoms with Crippen molar-refractivity contribution >= 4 is 16.7 Å². The van der Waals surface area contributed by atoms with Crippen molar-refractivity contribution in [3.63, 3.8) is 0 Å². The minimum absolute atomic E-state index is 0.286. The normalized spacial score (nSPS) is 20.8. The summed E-state index contributed by atoms with van der Waals surface area (Å²) in [4.78, 5) is 13.4. The maximum atomic E-state index is 11.2. The third kappa shape index (κ3) is 4.59. The Balaban J connectivity index is 2.36. The Morgan fingerprint density at radius 3 is 2.62 bits per heavy atom. The summed E-state index contributed by atoms with van der Waals surface area (Å²) in [7, 11) is -0.670. The maximum absolute atomic E-state index is 11.2. The minimum atomic E-state index is -0.670. The quantitative estimate of drug-likeness (QED) is 0.625. The molecule has 1 heterocycles. The molecule has 6 heteroatoms. The Morgan fingerprint density at radius 2 is 2.12 bits per heavy atom. The average Bonchev–Trinajstić information content (AvgIpc) is 2.26. The first-order valence-corrected chi connectivity index (χ1v) is 7.22. The second-order valence-electron chi connectivity index (χ2n) is 4.06. The highest BCUT2D eigenvalue weighted by atomic mass is 32.2. The summed E-state index contributed by atoms with van der Waals surface area (Å²) in [6.45, 7) is 5.07. The van der Waals surface area contributed by atoms with E-state index < -0.39 is 10.8 Å². The highest BCUT2D eigenvalue weighted by Gasteiger charge is 2.21. The highest BCUT2D eigenvalue weighted by molar-refractivity contribution is 7.85. The average molecular weight is 247 g/mol. The molecule has 94 valence electrons. The van der Waals surface area contributed by atoms with Crippen molar-refractivity contribution in [2.75, 3.05) is 37.7 Å². The smallest absolute Gasteiger partial charge is 0.235 e. The first-order chi connectivity index (χ1) is 7.63. The lowest BCUT2D eigenvalue weighted by Gasteiger charge is -2.29. The van der Waals surface area contributed by atoms with Gasteiger partial charge in [-0.1, -0.05) is 6.92 Å². The molecule has 1 rings (SSSR count). The first-order valence-electron chi connectivity index (χ1n) is 5.73. The molecule has 16 heavy (non-hydrogen) atoms. The Hall–Kier alpha value is -0.460. The molecule has 3 N–H and O–H groups in total. The zero-order valence-corrected chi connectivity index (χ0v) is 10.6. The molecule has 0 aromatic carbocycles. The predicted molar refractivity (Wildman–Crippen MR) is 65.6 cm³/mol. The summed E-state index contributed by atoms with van der Waals surface area (Å²) < 4.78 is 11.2.